The Morgan fingerprint density at radius 2 is 1.92 bits per heavy atom. The first kappa shape index (κ1) is 18.8. The van der Waals surface area contributed by atoms with Crippen molar-refractivity contribution in [2.45, 2.75) is 47.1 Å². The number of rotatable bonds is 6. The Morgan fingerprint density at radius 3 is 2.52 bits per heavy atom. The van der Waals surface area contributed by atoms with E-state index in [-0.39, 0.29) is 18.6 Å². The maximum absolute atomic E-state index is 12.3. The van der Waals surface area contributed by atoms with E-state index in [4.69, 9.17) is 4.74 Å². The van der Waals surface area contributed by atoms with Gasteiger partial charge in [0.15, 0.2) is 6.61 Å². The summed E-state index contributed by atoms with van der Waals surface area (Å²) in [6, 6.07) is 9.68. The molecular formula is C20H26N2O3. The van der Waals surface area contributed by atoms with Gasteiger partial charge in [-0.15, -0.1) is 0 Å². The summed E-state index contributed by atoms with van der Waals surface area (Å²) in [6.07, 6.45) is 0.893. The zero-order chi connectivity index (χ0) is 18.6. The summed E-state index contributed by atoms with van der Waals surface area (Å²) in [5, 5.41) is 2.75. The molecule has 0 bridgehead atoms. The van der Waals surface area contributed by atoms with Gasteiger partial charge in [-0.25, -0.2) is 4.79 Å². The maximum atomic E-state index is 12.3. The summed E-state index contributed by atoms with van der Waals surface area (Å²) in [5.41, 5.74) is 4.20. The largest absolute Gasteiger partial charge is 0.452 e. The van der Waals surface area contributed by atoms with E-state index in [1.165, 1.54) is 0 Å². The van der Waals surface area contributed by atoms with Crippen LogP contribution in [0, 0.1) is 13.8 Å². The number of nitrogens with zero attached hydrogens (tertiary/aromatic N) is 1. The van der Waals surface area contributed by atoms with Crippen LogP contribution in [-0.4, -0.2) is 23.1 Å². The zero-order valence-electron chi connectivity index (χ0n) is 15.6. The van der Waals surface area contributed by atoms with Gasteiger partial charge in [-0.3, -0.25) is 4.79 Å². The van der Waals surface area contributed by atoms with Crippen molar-refractivity contribution in [3.8, 4) is 0 Å². The van der Waals surface area contributed by atoms with Gasteiger partial charge in [0, 0.05) is 23.1 Å². The molecule has 5 nitrogen and oxygen atoms in total. The summed E-state index contributed by atoms with van der Waals surface area (Å²) in [7, 11) is 0. The minimum Gasteiger partial charge on any atom is -0.452 e. The Kier molecular flexibility index (Phi) is 6.02. The van der Waals surface area contributed by atoms with E-state index in [0.717, 1.165) is 23.4 Å². The third-order valence-electron chi connectivity index (χ3n) is 4.17. The van der Waals surface area contributed by atoms with Crippen molar-refractivity contribution in [1.82, 2.24) is 4.57 Å². The fourth-order valence-electron chi connectivity index (χ4n) is 3.05. The van der Waals surface area contributed by atoms with Crippen LogP contribution >= 0.6 is 0 Å². The number of ether oxygens (including phenoxy) is 1. The van der Waals surface area contributed by atoms with Gasteiger partial charge in [0.05, 0.1) is 5.56 Å². The number of carbonyl (C=O) groups is 2. The molecule has 1 aromatic carbocycles. The molecule has 0 aliphatic carbocycles. The molecule has 0 fully saturated rings. The summed E-state index contributed by atoms with van der Waals surface area (Å²) in [4.78, 5) is 24.3. The first-order chi connectivity index (χ1) is 11.8. The van der Waals surface area contributed by atoms with E-state index >= 15 is 0 Å². The number of hydrogen-bond donors (Lipinski definition) is 1. The van der Waals surface area contributed by atoms with Crippen LogP contribution in [-0.2, 0) is 16.0 Å². The van der Waals surface area contributed by atoms with Crippen LogP contribution in [0.15, 0.2) is 30.3 Å². The standard InChI is InChI=1S/C20H26N2O3/c1-6-16-8-7-9-17(11-16)21-19(23)12-25-20(24)18-10-14(4)22(13(2)3)15(18)5/h7-11,13H,6,12H2,1-5H3,(H,21,23). The monoisotopic (exact) mass is 342 g/mol. The molecule has 1 aromatic heterocycles. The topological polar surface area (TPSA) is 60.3 Å². The summed E-state index contributed by atoms with van der Waals surface area (Å²) >= 11 is 0. The number of anilines is 1. The number of nitrogens with one attached hydrogen (secondary N) is 1. The van der Waals surface area contributed by atoms with Crippen molar-refractivity contribution in [3.05, 3.63) is 52.8 Å². The Morgan fingerprint density at radius 1 is 1.20 bits per heavy atom. The van der Waals surface area contributed by atoms with Crippen molar-refractivity contribution in [2.75, 3.05) is 11.9 Å². The average molecular weight is 342 g/mol. The Bertz CT molecular complexity index is 775. The molecule has 0 radical (unpaired) electrons. The molecule has 25 heavy (non-hydrogen) atoms. The number of esters is 1. The van der Waals surface area contributed by atoms with Crippen molar-refractivity contribution < 1.29 is 14.3 Å². The lowest BCUT2D eigenvalue weighted by molar-refractivity contribution is -0.119. The van der Waals surface area contributed by atoms with E-state index < -0.39 is 5.97 Å². The summed E-state index contributed by atoms with van der Waals surface area (Å²) in [6.45, 7) is 9.72. The summed E-state index contributed by atoms with van der Waals surface area (Å²) < 4.78 is 7.26. The fraction of sp³-hybridized carbons (Fsp3) is 0.400. The first-order valence-electron chi connectivity index (χ1n) is 8.57. The third kappa shape index (κ3) is 4.50. The molecule has 0 saturated carbocycles. The smallest absolute Gasteiger partial charge is 0.340 e. The first-order valence-corrected chi connectivity index (χ1v) is 8.57. The van der Waals surface area contributed by atoms with Crippen LogP contribution in [0.3, 0.4) is 0 Å². The number of benzene rings is 1. The highest BCUT2D eigenvalue weighted by atomic mass is 16.5. The van der Waals surface area contributed by atoms with E-state index in [2.05, 4.69) is 30.7 Å². The van der Waals surface area contributed by atoms with E-state index in [1.807, 2.05) is 38.1 Å². The van der Waals surface area contributed by atoms with Gasteiger partial charge in [0.2, 0.25) is 0 Å². The lowest BCUT2D eigenvalue weighted by Gasteiger charge is -2.13. The van der Waals surface area contributed by atoms with E-state index in [0.29, 0.717) is 11.3 Å². The van der Waals surface area contributed by atoms with Gasteiger partial charge in [-0.2, -0.15) is 0 Å². The minimum absolute atomic E-state index is 0.260. The quantitative estimate of drug-likeness (QED) is 0.806. The highest BCUT2D eigenvalue weighted by Crippen LogP contribution is 2.20. The molecular weight excluding hydrogens is 316 g/mol. The van der Waals surface area contributed by atoms with Gasteiger partial charge in [-0.1, -0.05) is 19.1 Å². The van der Waals surface area contributed by atoms with Gasteiger partial charge in [-0.05, 0) is 57.9 Å². The average Bonchev–Trinajstić information content (AvgIpc) is 2.87. The third-order valence-corrected chi connectivity index (χ3v) is 4.17. The maximum Gasteiger partial charge on any atom is 0.340 e. The second kappa shape index (κ2) is 8.01. The fourth-order valence-corrected chi connectivity index (χ4v) is 3.05. The number of hydrogen-bond acceptors (Lipinski definition) is 3. The predicted molar refractivity (Wildman–Crippen MR) is 99.0 cm³/mol. The molecule has 134 valence electrons. The molecule has 1 heterocycles. The molecule has 0 spiro atoms. The molecule has 2 aromatic rings. The number of amides is 1. The van der Waals surface area contributed by atoms with Crippen molar-refractivity contribution in [2.24, 2.45) is 0 Å². The highest BCUT2D eigenvalue weighted by Gasteiger charge is 2.19. The normalized spacial score (nSPS) is 10.8. The Labute approximate surface area is 149 Å². The van der Waals surface area contributed by atoms with Gasteiger partial charge >= 0.3 is 5.97 Å². The molecule has 5 heteroatoms. The van der Waals surface area contributed by atoms with E-state index in [9.17, 15) is 9.59 Å². The van der Waals surface area contributed by atoms with Crippen LogP contribution in [0.5, 0.6) is 0 Å². The molecule has 1 amide bonds. The van der Waals surface area contributed by atoms with Gasteiger partial charge < -0.3 is 14.6 Å². The lowest BCUT2D eigenvalue weighted by Crippen LogP contribution is -2.21. The lowest BCUT2D eigenvalue weighted by atomic mass is 10.1. The molecule has 1 N–H and O–H groups in total. The number of aromatic nitrogens is 1. The highest BCUT2D eigenvalue weighted by molar-refractivity contribution is 5.96. The second-order valence-corrected chi connectivity index (χ2v) is 6.43. The second-order valence-electron chi connectivity index (χ2n) is 6.43. The molecule has 0 aliphatic heterocycles. The molecule has 0 unspecified atom stereocenters. The van der Waals surface area contributed by atoms with Crippen LogP contribution in [0.2, 0.25) is 0 Å². The Hall–Kier alpha value is -2.56. The van der Waals surface area contributed by atoms with Gasteiger partial charge in [0.1, 0.15) is 0 Å². The zero-order valence-corrected chi connectivity index (χ0v) is 15.6. The Balaban J connectivity index is 1.98. The SMILES string of the molecule is CCc1cccc(NC(=O)COC(=O)c2cc(C)n(C(C)C)c2C)c1. The minimum atomic E-state index is -0.475. The van der Waals surface area contributed by atoms with Crippen LogP contribution < -0.4 is 5.32 Å². The van der Waals surface area contributed by atoms with Crippen LogP contribution in [0.25, 0.3) is 0 Å². The number of carbonyl (C=O) groups excluding carboxylic acids is 2. The number of aryl methyl sites for hydroxylation is 2. The summed E-state index contributed by atoms with van der Waals surface area (Å²) in [5.74, 6) is -0.822. The molecule has 0 saturated heterocycles. The van der Waals surface area contributed by atoms with Gasteiger partial charge in [0.25, 0.3) is 5.91 Å². The van der Waals surface area contributed by atoms with E-state index in [1.54, 1.807) is 6.07 Å². The van der Waals surface area contributed by atoms with Crippen molar-refractivity contribution in [3.63, 3.8) is 0 Å². The van der Waals surface area contributed by atoms with Crippen molar-refractivity contribution >= 4 is 17.6 Å². The van der Waals surface area contributed by atoms with Crippen LogP contribution in [0.1, 0.15) is 54.1 Å². The van der Waals surface area contributed by atoms with Crippen molar-refractivity contribution in [1.29, 1.82) is 0 Å². The molecule has 0 aliphatic rings. The molecule has 0 atom stereocenters. The molecule has 2 rings (SSSR count). The predicted octanol–water partition coefficient (Wildman–Crippen LogP) is 4.04. The van der Waals surface area contributed by atoms with Crippen LogP contribution in [0.4, 0.5) is 5.69 Å².